The summed E-state index contributed by atoms with van der Waals surface area (Å²) in [5.41, 5.74) is 1.27. The van der Waals surface area contributed by atoms with E-state index in [9.17, 15) is 0 Å². The molecule has 0 unspecified atom stereocenters. The van der Waals surface area contributed by atoms with E-state index in [1.54, 1.807) is 23.1 Å². The van der Waals surface area contributed by atoms with Gasteiger partial charge in [0.25, 0.3) is 0 Å². The largest absolute Gasteiger partial charge is 0.226 e. The lowest BCUT2D eigenvalue weighted by Crippen LogP contribution is -1.91. The average Bonchev–Trinajstić information content (AvgIpc) is 2.95. The highest BCUT2D eigenvalue weighted by Crippen LogP contribution is 2.38. The van der Waals surface area contributed by atoms with Crippen molar-refractivity contribution >= 4 is 44.8 Å². The molecule has 0 amide bonds. The first-order chi connectivity index (χ1) is 9.58. The van der Waals surface area contributed by atoms with Crippen molar-refractivity contribution in [2.45, 2.75) is 43.5 Å². The van der Waals surface area contributed by atoms with E-state index in [0.717, 1.165) is 37.7 Å². The number of rotatable bonds is 3. The van der Waals surface area contributed by atoms with Crippen molar-refractivity contribution in [3.05, 3.63) is 22.1 Å². The zero-order chi connectivity index (χ0) is 14.3. The monoisotopic (exact) mass is 322 g/mol. The van der Waals surface area contributed by atoms with Gasteiger partial charge in [-0.05, 0) is 49.6 Å². The zero-order valence-corrected chi connectivity index (χ0v) is 14.2. The lowest BCUT2D eigenvalue weighted by Gasteiger charge is -2.02. The van der Waals surface area contributed by atoms with Crippen LogP contribution in [0.25, 0.3) is 10.2 Å². The average molecular weight is 322 g/mol. The Morgan fingerprint density at radius 3 is 2.60 bits per heavy atom. The smallest absolute Gasteiger partial charge is 0.176 e. The lowest BCUT2D eigenvalue weighted by molar-refractivity contribution is 0.968. The van der Waals surface area contributed by atoms with Crippen LogP contribution in [0.1, 0.15) is 29.0 Å². The molecule has 3 heterocycles. The first-order valence-corrected chi connectivity index (χ1v) is 8.74. The second-order valence-electron chi connectivity index (χ2n) is 4.47. The van der Waals surface area contributed by atoms with E-state index >= 15 is 0 Å². The van der Waals surface area contributed by atoms with Gasteiger partial charge in [0.05, 0.1) is 0 Å². The minimum Gasteiger partial charge on any atom is -0.226 e. The van der Waals surface area contributed by atoms with Crippen molar-refractivity contribution in [3.8, 4) is 0 Å². The molecule has 4 nitrogen and oxygen atoms in total. The molecule has 0 bridgehead atoms. The highest BCUT2D eigenvalue weighted by atomic mass is 32.2. The Morgan fingerprint density at radius 2 is 1.90 bits per heavy atom. The van der Waals surface area contributed by atoms with Crippen molar-refractivity contribution in [2.75, 3.05) is 0 Å². The molecular formula is C13H14N4S3. The molecule has 0 aliphatic rings. The van der Waals surface area contributed by atoms with E-state index in [4.69, 9.17) is 0 Å². The molecule has 0 aromatic carbocycles. The number of thiophene rings is 1. The molecule has 104 valence electrons. The Kier molecular flexibility index (Phi) is 3.74. The van der Waals surface area contributed by atoms with Crippen LogP contribution in [0.2, 0.25) is 0 Å². The number of hydrogen-bond acceptors (Lipinski definition) is 7. The van der Waals surface area contributed by atoms with Gasteiger partial charge in [0, 0.05) is 16.7 Å². The van der Waals surface area contributed by atoms with Crippen molar-refractivity contribution in [3.63, 3.8) is 0 Å². The van der Waals surface area contributed by atoms with Crippen LogP contribution >= 0.6 is 34.6 Å². The van der Waals surface area contributed by atoms with E-state index < -0.39 is 0 Å². The maximum atomic E-state index is 4.60. The summed E-state index contributed by atoms with van der Waals surface area (Å²) in [6, 6.07) is 0. The minimum absolute atomic E-state index is 0.807. The SMILES string of the molecule is CCc1nsc(Sc2nc(C)nc3sc(C)c(C)c23)n1. The van der Waals surface area contributed by atoms with Crippen LogP contribution in [-0.2, 0) is 6.42 Å². The summed E-state index contributed by atoms with van der Waals surface area (Å²) in [6.45, 7) is 8.27. The third-order valence-electron chi connectivity index (χ3n) is 3.06. The predicted molar refractivity (Wildman–Crippen MR) is 85.0 cm³/mol. The third-order valence-corrected chi connectivity index (χ3v) is 5.94. The summed E-state index contributed by atoms with van der Waals surface area (Å²) in [5, 5.41) is 2.16. The molecule has 0 radical (unpaired) electrons. The van der Waals surface area contributed by atoms with Crippen LogP contribution in [0.15, 0.2) is 9.37 Å². The first-order valence-electron chi connectivity index (χ1n) is 6.33. The van der Waals surface area contributed by atoms with Gasteiger partial charge in [0.15, 0.2) is 4.34 Å². The molecule has 0 N–H and O–H groups in total. The van der Waals surface area contributed by atoms with Crippen molar-refractivity contribution in [2.24, 2.45) is 0 Å². The number of aryl methyl sites for hydroxylation is 4. The summed E-state index contributed by atoms with van der Waals surface area (Å²) in [4.78, 5) is 16.0. The van der Waals surface area contributed by atoms with Gasteiger partial charge >= 0.3 is 0 Å². The molecule has 0 fully saturated rings. The third kappa shape index (κ3) is 2.45. The summed E-state index contributed by atoms with van der Waals surface area (Å²) in [7, 11) is 0. The Balaban J connectivity index is 2.10. The molecule has 7 heteroatoms. The molecule has 0 atom stereocenters. The van der Waals surface area contributed by atoms with Crippen LogP contribution in [0.4, 0.5) is 0 Å². The molecule has 3 rings (SSSR count). The first kappa shape index (κ1) is 13.9. The summed E-state index contributed by atoms with van der Waals surface area (Å²) in [6.07, 6.45) is 0.867. The molecule has 0 saturated heterocycles. The second kappa shape index (κ2) is 5.38. The summed E-state index contributed by atoms with van der Waals surface area (Å²) >= 11 is 4.77. The maximum absolute atomic E-state index is 4.60. The second-order valence-corrected chi connectivity index (χ2v) is 7.66. The van der Waals surface area contributed by atoms with E-state index in [1.807, 2.05) is 6.92 Å². The molecule has 0 saturated carbocycles. The van der Waals surface area contributed by atoms with Crippen LogP contribution in [0.3, 0.4) is 0 Å². The van der Waals surface area contributed by atoms with Crippen LogP contribution < -0.4 is 0 Å². The van der Waals surface area contributed by atoms with Gasteiger partial charge in [0.1, 0.15) is 21.5 Å². The maximum Gasteiger partial charge on any atom is 0.176 e. The van der Waals surface area contributed by atoms with Crippen LogP contribution in [-0.4, -0.2) is 19.3 Å². The minimum atomic E-state index is 0.807. The zero-order valence-electron chi connectivity index (χ0n) is 11.7. The number of fused-ring (bicyclic) bond motifs is 1. The van der Waals surface area contributed by atoms with Gasteiger partial charge < -0.3 is 0 Å². The van der Waals surface area contributed by atoms with Crippen molar-refractivity contribution in [1.82, 2.24) is 19.3 Å². The number of hydrogen-bond donors (Lipinski definition) is 0. The molecule has 3 aromatic heterocycles. The van der Waals surface area contributed by atoms with E-state index in [2.05, 4.69) is 40.1 Å². The van der Waals surface area contributed by atoms with Crippen LogP contribution in [0.5, 0.6) is 0 Å². The molecule has 3 aromatic rings. The highest BCUT2D eigenvalue weighted by molar-refractivity contribution is 8.01. The van der Waals surface area contributed by atoms with Gasteiger partial charge in [-0.25, -0.2) is 15.0 Å². The Morgan fingerprint density at radius 1 is 1.10 bits per heavy atom. The Hall–Kier alpha value is -1.05. The fourth-order valence-corrected chi connectivity index (χ4v) is 4.88. The lowest BCUT2D eigenvalue weighted by atomic mass is 10.2. The quantitative estimate of drug-likeness (QED) is 0.677. The van der Waals surface area contributed by atoms with Crippen molar-refractivity contribution < 1.29 is 0 Å². The molecular weight excluding hydrogens is 308 g/mol. The molecule has 0 spiro atoms. The van der Waals surface area contributed by atoms with Crippen LogP contribution in [0, 0.1) is 20.8 Å². The highest BCUT2D eigenvalue weighted by Gasteiger charge is 2.16. The van der Waals surface area contributed by atoms with Gasteiger partial charge in [-0.15, -0.1) is 11.3 Å². The Labute approximate surface area is 129 Å². The normalized spacial score (nSPS) is 11.4. The molecule has 20 heavy (non-hydrogen) atoms. The number of aromatic nitrogens is 4. The fraction of sp³-hybridized carbons (Fsp3) is 0.385. The standard InChI is InChI=1S/C13H14N4S3/c1-5-9-16-13(20-17-9)19-12-10-6(2)7(3)18-11(10)14-8(4)15-12/h5H2,1-4H3. The van der Waals surface area contributed by atoms with Gasteiger partial charge in [-0.3, -0.25) is 0 Å². The van der Waals surface area contributed by atoms with Gasteiger partial charge in [0.2, 0.25) is 0 Å². The summed E-state index contributed by atoms with van der Waals surface area (Å²) in [5.74, 6) is 1.71. The fourth-order valence-electron chi connectivity index (χ4n) is 1.89. The number of nitrogens with zero attached hydrogens (tertiary/aromatic N) is 4. The van der Waals surface area contributed by atoms with E-state index in [1.165, 1.54) is 22.0 Å². The molecule has 0 aliphatic heterocycles. The predicted octanol–water partition coefficient (Wildman–Crippen LogP) is 4.18. The molecule has 0 aliphatic carbocycles. The summed E-state index contributed by atoms with van der Waals surface area (Å²) < 4.78 is 5.28. The Bertz CT molecular complexity index is 775. The van der Waals surface area contributed by atoms with Gasteiger partial charge in [-0.2, -0.15) is 4.37 Å². The topological polar surface area (TPSA) is 51.6 Å². The van der Waals surface area contributed by atoms with Gasteiger partial charge in [-0.1, -0.05) is 6.92 Å². The van der Waals surface area contributed by atoms with E-state index in [0.29, 0.717) is 0 Å². The van der Waals surface area contributed by atoms with Crippen molar-refractivity contribution in [1.29, 1.82) is 0 Å². The van der Waals surface area contributed by atoms with E-state index in [-0.39, 0.29) is 0 Å².